The van der Waals surface area contributed by atoms with E-state index in [1.807, 2.05) is 19.1 Å². The molecule has 0 spiro atoms. The van der Waals surface area contributed by atoms with Crippen LogP contribution in [0.2, 0.25) is 0 Å². The van der Waals surface area contributed by atoms with Crippen LogP contribution >= 0.6 is 0 Å². The summed E-state index contributed by atoms with van der Waals surface area (Å²) in [6, 6.07) is 12.5. The van der Waals surface area contributed by atoms with Gasteiger partial charge in [0.25, 0.3) is 11.8 Å². The molecule has 1 fully saturated rings. The number of nitrogens with zero attached hydrogens (tertiary/aromatic N) is 2. The third-order valence-corrected chi connectivity index (χ3v) is 6.53. The lowest BCUT2D eigenvalue weighted by Crippen LogP contribution is -2.54. The summed E-state index contributed by atoms with van der Waals surface area (Å²) in [4.78, 5) is 41.7. The van der Waals surface area contributed by atoms with Crippen LogP contribution in [0.3, 0.4) is 0 Å². The Bertz CT molecular complexity index is 1160. The number of hydrogen-bond donors (Lipinski definition) is 1. The molecule has 2 aliphatic rings. The van der Waals surface area contributed by atoms with Crippen molar-refractivity contribution in [1.82, 2.24) is 5.32 Å². The highest BCUT2D eigenvalue weighted by atomic mass is 16.2. The SMILES string of the molecule is CCCN1c2ccc(/C=C3/C(=O)NC(=O)N(c4cccc(C)c4)C3=O)cc2C(C)CC1(C)C. The van der Waals surface area contributed by atoms with Gasteiger partial charge in [-0.2, -0.15) is 0 Å². The largest absolute Gasteiger partial charge is 0.366 e. The van der Waals surface area contributed by atoms with Crippen LogP contribution in [0.5, 0.6) is 0 Å². The number of imide groups is 2. The molecule has 4 rings (SSSR count). The maximum atomic E-state index is 13.2. The molecule has 1 N–H and O–H groups in total. The van der Waals surface area contributed by atoms with Crippen LogP contribution in [-0.2, 0) is 9.59 Å². The number of amides is 4. The molecule has 0 radical (unpaired) electrons. The topological polar surface area (TPSA) is 69.7 Å². The Morgan fingerprint density at radius 2 is 1.88 bits per heavy atom. The minimum absolute atomic E-state index is 0.0507. The van der Waals surface area contributed by atoms with Crippen LogP contribution < -0.4 is 15.1 Å². The van der Waals surface area contributed by atoms with Gasteiger partial charge >= 0.3 is 6.03 Å². The molecule has 6 heteroatoms. The Balaban J connectivity index is 1.72. The normalized spacial score (nSPS) is 21.3. The number of urea groups is 1. The van der Waals surface area contributed by atoms with Crippen LogP contribution in [0.15, 0.2) is 48.0 Å². The second-order valence-electron chi connectivity index (χ2n) is 9.68. The highest BCUT2D eigenvalue weighted by Gasteiger charge is 2.38. The number of barbiturate groups is 1. The van der Waals surface area contributed by atoms with E-state index in [1.54, 1.807) is 24.3 Å². The molecule has 0 aliphatic carbocycles. The zero-order valence-corrected chi connectivity index (χ0v) is 19.9. The molecule has 1 atom stereocenters. The van der Waals surface area contributed by atoms with E-state index in [0.717, 1.165) is 35.4 Å². The number of rotatable bonds is 4. The van der Waals surface area contributed by atoms with Crippen LogP contribution in [-0.4, -0.2) is 29.9 Å². The second kappa shape index (κ2) is 8.50. The third kappa shape index (κ3) is 4.17. The first kappa shape index (κ1) is 22.8. The molecule has 2 aromatic carbocycles. The molecule has 172 valence electrons. The van der Waals surface area contributed by atoms with Crippen molar-refractivity contribution >= 4 is 35.3 Å². The Kier molecular flexibility index (Phi) is 5.87. The van der Waals surface area contributed by atoms with Gasteiger partial charge in [-0.25, -0.2) is 9.69 Å². The van der Waals surface area contributed by atoms with E-state index in [1.165, 1.54) is 11.3 Å². The van der Waals surface area contributed by atoms with E-state index in [9.17, 15) is 14.4 Å². The van der Waals surface area contributed by atoms with Crippen molar-refractivity contribution in [2.75, 3.05) is 16.3 Å². The molecule has 2 heterocycles. The van der Waals surface area contributed by atoms with Crippen molar-refractivity contribution in [3.8, 4) is 0 Å². The molecule has 0 aromatic heterocycles. The van der Waals surface area contributed by atoms with Gasteiger partial charge in [0.15, 0.2) is 0 Å². The summed E-state index contributed by atoms with van der Waals surface area (Å²) in [5, 5.41) is 2.30. The van der Waals surface area contributed by atoms with E-state index in [4.69, 9.17) is 0 Å². The summed E-state index contributed by atoms with van der Waals surface area (Å²) in [5.74, 6) is -0.940. The number of anilines is 2. The van der Waals surface area contributed by atoms with Crippen molar-refractivity contribution in [1.29, 1.82) is 0 Å². The molecule has 4 amide bonds. The number of fused-ring (bicyclic) bond motifs is 1. The fraction of sp³-hybridized carbons (Fsp3) is 0.370. The zero-order valence-electron chi connectivity index (χ0n) is 19.9. The lowest BCUT2D eigenvalue weighted by atomic mass is 9.79. The summed E-state index contributed by atoms with van der Waals surface area (Å²) in [5.41, 5.74) is 4.56. The maximum absolute atomic E-state index is 13.2. The van der Waals surface area contributed by atoms with Gasteiger partial charge in [0.05, 0.1) is 5.69 Å². The quantitative estimate of drug-likeness (QED) is 0.521. The van der Waals surface area contributed by atoms with Crippen molar-refractivity contribution in [3.05, 3.63) is 64.7 Å². The van der Waals surface area contributed by atoms with Crippen LogP contribution in [0, 0.1) is 6.92 Å². The first-order valence-corrected chi connectivity index (χ1v) is 11.5. The van der Waals surface area contributed by atoms with Gasteiger partial charge in [0.2, 0.25) is 0 Å². The molecular weight excluding hydrogens is 414 g/mol. The Morgan fingerprint density at radius 1 is 1.12 bits per heavy atom. The number of carbonyl (C=O) groups excluding carboxylic acids is 3. The highest BCUT2D eigenvalue weighted by molar-refractivity contribution is 6.39. The molecule has 2 aliphatic heterocycles. The van der Waals surface area contributed by atoms with E-state index < -0.39 is 17.8 Å². The number of hydrogen-bond acceptors (Lipinski definition) is 4. The van der Waals surface area contributed by atoms with Crippen molar-refractivity contribution in [3.63, 3.8) is 0 Å². The fourth-order valence-corrected chi connectivity index (χ4v) is 5.07. The Hall–Kier alpha value is -3.41. The van der Waals surface area contributed by atoms with Gasteiger partial charge in [-0.3, -0.25) is 14.9 Å². The average molecular weight is 446 g/mol. The zero-order chi connectivity index (χ0) is 23.9. The monoisotopic (exact) mass is 445 g/mol. The first-order valence-electron chi connectivity index (χ1n) is 11.5. The summed E-state index contributed by atoms with van der Waals surface area (Å²) in [7, 11) is 0. The number of nitrogens with one attached hydrogen (secondary N) is 1. The lowest BCUT2D eigenvalue weighted by Gasteiger charge is -2.47. The third-order valence-electron chi connectivity index (χ3n) is 6.53. The molecule has 1 saturated heterocycles. The van der Waals surface area contributed by atoms with Gasteiger partial charge in [-0.1, -0.05) is 32.0 Å². The van der Waals surface area contributed by atoms with E-state index in [0.29, 0.717) is 11.6 Å². The highest BCUT2D eigenvalue weighted by Crippen LogP contribution is 2.43. The molecule has 33 heavy (non-hydrogen) atoms. The van der Waals surface area contributed by atoms with Crippen molar-refractivity contribution in [2.24, 2.45) is 0 Å². The minimum Gasteiger partial charge on any atom is -0.366 e. The number of benzene rings is 2. The molecule has 1 unspecified atom stereocenters. The summed E-state index contributed by atoms with van der Waals surface area (Å²) in [6.07, 6.45) is 3.67. The molecule has 2 aromatic rings. The van der Waals surface area contributed by atoms with Gasteiger partial charge in [-0.05, 0) is 86.6 Å². The Morgan fingerprint density at radius 3 is 2.58 bits per heavy atom. The van der Waals surface area contributed by atoms with Gasteiger partial charge in [-0.15, -0.1) is 0 Å². The van der Waals surface area contributed by atoms with E-state index in [2.05, 4.69) is 50.0 Å². The summed E-state index contributed by atoms with van der Waals surface area (Å²) >= 11 is 0. The fourth-order valence-electron chi connectivity index (χ4n) is 5.07. The predicted molar refractivity (Wildman–Crippen MR) is 131 cm³/mol. The smallest absolute Gasteiger partial charge is 0.335 e. The maximum Gasteiger partial charge on any atom is 0.335 e. The summed E-state index contributed by atoms with van der Waals surface area (Å²) < 4.78 is 0. The minimum atomic E-state index is -0.732. The van der Waals surface area contributed by atoms with E-state index >= 15 is 0 Å². The Labute approximate surface area is 195 Å². The van der Waals surface area contributed by atoms with Crippen LogP contribution in [0.4, 0.5) is 16.2 Å². The predicted octanol–water partition coefficient (Wildman–Crippen LogP) is 5.16. The van der Waals surface area contributed by atoms with Crippen LogP contribution in [0.25, 0.3) is 6.08 Å². The van der Waals surface area contributed by atoms with Gasteiger partial charge in [0.1, 0.15) is 5.57 Å². The average Bonchev–Trinajstić information content (AvgIpc) is 2.74. The molecule has 0 bridgehead atoms. The second-order valence-corrected chi connectivity index (χ2v) is 9.68. The molecule has 0 saturated carbocycles. The van der Waals surface area contributed by atoms with Gasteiger partial charge in [0, 0.05) is 17.8 Å². The van der Waals surface area contributed by atoms with Crippen molar-refractivity contribution in [2.45, 2.75) is 58.9 Å². The molecular formula is C27H31N3O3. The van der Waals surface area contributed by atoms with E-state index in [-0.39, 0.29) is 11.1 Å². The van der Waals surface area contributed by atoms with Crippen molar-refractivity contribution < 1.29 is 14.4 Å². The summed E-state index contributed by atoms with van der Waals surface area (Å²) in [6.45, 7) is 11.8. The number of carbonyl (C=O) groups is 3. The molecule has 6 nitrogen and oxygen atoms in total. The first-order chi connectivity index (χ1) is 15.6. The van der Waals surface area contributed by atoms with Crippen LogP contribution in [0.1, 0.15) is 63.1 Å². The lowest BCUT2D eigenvalue weighted by molar-refractivity contribution is -0.122. The standard InChI is InChI=1S/C27H31N3O3/c1-6-12-29-23-11-10-19(14-21(23)18(3)16-27(29,4)5)15-22-24(31)28-26(33)30(25(22)32)20-9-7-8-17(2)13-20/h7-11,13-15,18H,6,12,16H2,1-5H3,(H,28,31,33)/b22-15-. The van der Waals surface area contributed by atoms with Gasteiger partial charge < -0.3 is 4.90 Å². The number of aryl methyl sites for hydroxylation is 1.